The van der Waals surface area contributed by atoms with Crippen LogP contribution in [0, 0.1) is 12.3 Å². The van der Waals surface area contributed by atoms with E-state index in [1.165, 1.54) is 6.92 Å². The lowest BCUT2D eigenvalue weighted by Gasteiger charge is -2.35. The van der Waals surface area contributed by atoms with Crippen LogP contribution in [0.3, 0.4) is 0 Å². The van der Waals surface area contributed by atoms with E-state index in [-0.39, 0.29) is 12.1 Å². The van der Waals surface area contributed by atoms with Gasteiger partial charge in [-0.15, -0.1) is 6.42 Å². The molecular formula is C13H21NO3. The SMILES string of the molecule is C#CCOCCCN(C(=O)C(C)=O)C(C)(C)C. The zero-order valence-corrected chi connectivity index (χ0v) is 11.1. The van der Waals surface area contributed by atoms with Gasteiger partial charge in [0.25, 0.3) is 5.91 Å². The van der Waals surface area contributed by atoms with Crippen LogP contribution in [-0.4, -0.2) is 41.9 Å². The number of carbonyl (C=O) groups excluding carboxylic acids is 2. The highest BCUT2D eigenvalue weighted by molar-refractivity contribution is 6.35. The predicted octanol–water partition coefficient (Wildman–Crippen LogP) is 1.24. The number of hydrogen-bond acceptors (Lipinski definition) is 3. The molecule has 1 amide bonds. The molecule has 0 saturated carbocycles. The molecule has 96 valence electrons. The average Bonchev–Trinajstić information content (AvgIpc) is 2.20. The summed E-state index contributed by atoms with van der Waals surface area (Å²) in [6, 6.07) is 0. The van der Waals surface area contributed by atoms with Crippen LogP contribution in [0.25, 0.3) is 0 Å². The van der Waals surface area contributed by atoms with E-state index >= 15 is 0 Å². The summed E-state index contributed by atoms with van der Waals surface area (Å²) in [7, 11) is 0. The van der Waals surface area contributed by atoms with Crippen molar-refractivity contribution in [2.75, 3.05) is 19.8 Å². The highest BCUT2D eigenvalue weighted by Crippen LogP contribution is 2.14. The summed E-state index contributed by atoms with van der Waals surface area (Å²) in [5.41, 5.74) is -0.366. The minimum atomic E-state index is -0.450. The van der Waals surface area contributed by atoms with Gasteiger partial charge in [-0.05, 0) is 27.2 Å². The van der Waals surface area contributed by atoms with Crippen molar-refractivity contribution in [1.29, 1.82) is 0 Å². The fourth-order valence-corrected chi connectivity index (χ4v) is 1.39. The first kappa shape index (κ1) is 15.7. The Balaban J connectivity index is 4.29. The predicted molar refractivity (Wildman–Crippen MR) is 66.4 cm³/mol. The van der Waals surface area contributed by atoms with Gasteiger partial charge in [-0.2, -0.15) is 0 Å². The average molecular weight is 239 g/mol. The molecule has 0 fully saturated rings. The molecule has 0 radical (unpaired) electrons. The molecule has 0 heterocycles. The van der Waals surface area contributed by atoms with E-state index in [0.29, 0.717) is 19.6 Å². The van der Waals surface area contributed by atoms with Gasteiger partial charge in [-0.25, -0.2) is 0 Å². The van der Waals surface area contributed by atoms with Gasteiger partial charge in [0.05, 0.1) is 0 Å². The van der Waals surface area contributed by atoms with Crippen molar-refractivity contribution in [2.45, 2.75) is 39.7 Å². The highest BCUT2D eigenvalue weighted by atomic mass is 16.5. The Bertz CT molecular complexity index is 310. The van der Waals surface area contributed by atoms with Crippen LogP contribution < -0.4 is 0 Å². The minimum Gasteiger partial charge on any atom is -0.369 e. The van der Waals surface area contributed by atoms with Crippen molar-refractivity contribution in [3.8, 4) is 12.3 Å². The van der Waals surface area contributed by atoms with E-state index in [4.69, 9.17) is 11.2 Å². The van der Waals surface area contributed by atoms with Crippen LogP contribution in [-0.2, 0) is 14.3 Å². The Kier molecular flexibility index (Phi) is 6.52. The zero-order valence-electron chi connectivity index (χ0n) is 11.1. The van der Waals surface area contributed by atoms with Crippen molar-refractivity contribution in [3.63, 3.8) is 0 Å². The molecular weight excluding hydrogens is 218 g/mol. The molecule has 0 unspecified atom stereocenters. The third kappa shape index (κ3) is 6.08. The van der Waals surface area contributed by atoms with E-state index in [1.54, 1.807) is 4.90 Å². The normalized spacial score (nSPS) is 10.8. The second-order valence-electron chi connectivity index (χ2n) is 4.79. The van der Waals surface area contributed by atoms with Gasteiger partial charge < -0.3 is 9.64 Å². The molecule has 17 heavy (non-hydrogen) atoms. The van der Waals surface area contributed by atoms with Crippen LogP contribution in [0.15, 0.2) is 0 Å². The topological polar surface area (TPSA) is 46.6 Å². The second kappa shape index (κ2) is 7.08. The van der Waals surface area contributed by atoms with Crippen LogP contribution in [0.5, 0.6) is 0 Å². The molecule has 0 aliphatic carbocycles. The quantitative estimate of drug-likeness (QED) is 0.398. The van der Waals surface area contributed by atoms with Gasteiger partial charge in [0.2, 0.25) is 5.78 Å². The molecule has 0 atom stereocenters. The Hall–Kier alpha value is -1.34. The van der Waals surface area contributed by atoms with Crippen molar-refractivity contribution in [3.05, 3.63) is 0 Å². The number of nitrogens with zero attached hydrogens (tertiary/aromatic N) is 1. The summed E-state index contributed by atoms with van der Waals surface area (Å²) in [6.07, 6.45) is 5.71. The van der Waals surface area contributed by atoms with Gasteiger partial charge in [0.1, 0.15) is 6.61 Å². The van der Waals surface area contributed by atoms with E-state index in [0.717, 1.165) is 0 Å². The van der Waals surface area contributed by atoms with Crippen molar-refractivity contribution in [1.82, 2.24) is 4.90 Å². The molecule has 0 aromatic carbocycles. The summed E-state index contributed by atoms with van der Waals surface area (Å²) in [4.78, 5) is 24.4. The molecule has 0 rings (SSSR count). The fourth-order valence-electron chi connectivity index (χ4n) is 1.39. The molecule has 4 nitrogen and oxygen atoms in total. The van der Waals surface area contributed by atoms with Crippen LogP contribution >= 0.6 is 0 Å². The van der Waals surface area contributed by atoms with Crippen LogP contribution in [0.1, 0.15) is 34.1 Å². The third-order valence-electron chi connectivity index (χ3n) is 2.21. The molecule has 0 aliphatic heterocycles. The maximum Gasteiger partial charge on any atom is 0.290 e. The third-order valence-corrected chi connectivity index (χ3v) is 2.21. The summed E-state index contributed by atoms with van der Waals surface area (Å²) >= 11 is 0. The molecule has 0 aliphatic rings. The van der Waals surface area contributed by atoms with Gasteiger partial charge in [0.15, 0.2) is 0 Å². The van der Waals surface area contributed by atoms with Crippen molar-refractivity contribution < 1.29 is 14.3 Å². The van der Waals surface area contributed by atoms with Crippen LogP contribution in [0.4, 0.5) is 0 Å². The maximum atomic E-state index is 11.7. The lowest BCUT2D eigenvalue weighted by Crippen LogP contribution is -2.48. The summed E-state index contributed by atoms with van der Waals surface area (Å²) in [5.74, 6) is 1.48. The smallest absolute Gasteiger partial charge is 0.290 e. The van der Waals surface area contributed by atoms with Gasteiger partial charge in [0, 0.05) is 25.6 Å². The lowest BCUT2D eigenvalue weighted by molar-refractivity contribution is -0.147. The Morgan fingerprint density at radius 3 is 2.35 bits per heavy atom. The van der Waals surface area contributed by atoms with E-state index in [1.807, 2.05) is 20.8 Å². The largest absolute Gasteiger partial charge is 0.369 e. The number of ketones is 1. The first-order valence-corrected chi connectivity index (χ1v) is 5.64. The number of terminal acetylenes is 1. The molecule has 0 aromatic rings. The lowest BCUT2D eigenvalue weighted by atomic mass is 10.0. The number of carbonyl (C=O) groups is 2. The zero-order chi connectivity index (χ0) is 13.5. The monoisotopic (exact) mass is 239 g/mol. The number of Topliss-reactive ketones (excluding diaryl/α,β-unsaturated/α-hetero) is 1. The minimum absolute atomic E-state index is 0.274. The second-order valence-corrected chi connectivity index (χ2v) is 4.79. The van der Waals surface area contributed by atoms with E-state index < -0.39 is 11.7 Å². The molecule has 0 N–H and O–H groups in total. The number of rotatable bonds is 6. The maximum absolute atomic E-state index is 11.7. The number of hydrogen-bond donors (Lipinski definition) is 0. The summed E-state index contributed by atoms with van der Waals surface area (Å²) < 4.78 is 5.13. The number of amides is 1. The van der Waals surface area contributed by atoms with Crippen molar-refractivity contribution >= 4 is 11.7 Å². The molecule has 0 spiro atoms. The van der Waals surface area contributed by atoms with Gasteiger partial charge in [-0.3, -0.25) is 9.59 Å². The van der Waals surface area contributed by atoms with E-state index in [2.05, 4.69) is 5.92 Å². The Labute approximate surface area is 103 Å². The van der Waals surface area contributed by atoms with Crippen molar-refractivity contribution in [2.24, 2.45) is 0 Å². The Morgan fingerprint density at radius 2 is 1.94 bits per heavy atom. The summed E-state index contributed by atoms with van der Waals surface area (Å²) in [5, 5.41) is 0. The van der Waals surface area contributed by atoms with Gasteiger partial charge >= 0.3 is 0 Å². The number of ether oxygens (including phenoxy) is 1. The fraction of sp³-hybridized carbons (Fsp3) is 0.692. The summed E-state index contributed by atoms with van der Waals surface area (Å²) in [6.45, 7) is 8.24. The molecule has 0 aromatic heterocycles. The molecule has 0 saturated heterocycles. The highest BCUT2D eigenvalue weighted by Gasteiger charge is 2.28. The van der Waals surface area contributed by atoms with Gasteiger partial charge in [-0.1, -0.05) is 5.92 Å². The molecule has 0 bridgehead atoms. The van der Waals surface area contributed by atoms with E-state index in [9.17, 15) is 9.59 Å². The standard InChI is InChI=1S/C13H21NO3/c1-6-9-17-10-7-8-14(13(3,4)5)12(16)11(2)15/h1H,7-10H2,2-5H3. The Morgan fingerprint density at radius 1 is 1.35 bits per heavy atom. The molecule has 4 heteroatoms. The first-order chi connectivity index (χ1) is 7.80. The van der Waals surface area contributed by atoms with Crippen LogP contribution in [0.2, 0.25) is 0 Å². The first-order valence-electron chi connectivity index (χ1n) is 5.64.